The van der Waals surface area contributed by atoms with Gasteiger partial charge in [0.15, 0.2) is 0 Å². The summed E-state index contributed by atoms with van der Waals surface area (Å²) >= 11 is 11.6. The van der Waals surface area contributed by atoms with Gasteiger partial charge in [-0.15, -0.1) is 0 Å². The van der Waals surface area contributed by atoms with Crippen LogP contribution in [0.4, 0.5) is 19.0 Å². The standard InChI is InChI=1S/C17H14Cl2F3N3O3/c1-9-5-6-23-13(7-9)24-16(15(27)28-2,17(20,21)22)25-14(26)11-4-3-10(18)8-12(11)19/h3-8H,1-2H3,(H,23,24)(H,25,26)/t16-/m0/s1. The van der Waals surface area contributed by atoms with E-state index in [1.54, 1.807) is 18.3 Å². The molecule has 2 aromatic rings. The number of carbonyl (C=O) groups is 2. The summed E-state index contributed by atoms with van der Waals surface area (Å²) in [6.45, 7) is 1.62. The number of rotatable bonds is 5. The molecule has 0 radical (unpaired) electrons. The van der Waals surface area contributed by atoms with Gasteiger partial charge in [0.25, 0.3) is 5.91 Å². The number of aryl methyl sites for hydroxylation is 1. The molecule has 1 heterocycles. The molecule has 0 aliphatic heterocycles. The zero-order valence-corrected chi connectivity index (χ0v) is 16.0. The number of nitrogens with zero attached hydrogens (tertiary/aromatic N) is 1. The highest BCUT2D eigenvalue weighted by Crippen LogP contribution is 2.33. The quantitative estimate of drug-likeness (QED) is 0.548. The van der Waals surface area contributed by atoms with Crippen molar-refractivity contribution in [3.8, 4) is 0 Å². The molecule has 11 heteroatoms. The lowest BCUT2D eigenvalue weighted by Gasteiger charge is -2.34. The van der Waals surface area contributed by atoms with Crippen molar-refractivity contribution in [1.82, 2.24) is 10.3 Å². The van der Waals surface area contributed by atoms with E-state index in [0.717, 1.165) is 13.2 Å². The van der Waals surface area contributed by atoms with E-state index in [1.165, 1.54) is 24.4 Å². The Hall–Kier alpha value is -2.52. The van der Waals surface area contributed by atoms with E-state index in [2.05, 4.69) is 9.72 Å². The Labute approximate surface area is 168 Å². The minimum absolute atomic E-state index is 0.179. The number of esters is 1. The van der Waals surface area contributed by atoms with Crippen LogP contribution in [0.3, 0.4) is 0 Å². The normalized spacial score (nSPS) is 13.4. The maximum absolute atomic E-state index is 14.0. The lowest BCUT2D eigenvalue weighted by atomic mass is 10.1. The average Bonchev–Trinajstić information content (AvgIpc) is 2.59. The predicted octanol–water partition coefficient (Wildman–Crippen LogP) is 3.97. The van der Waals surface area contributed by atoms with Crippen molar-refractivity contribution < 1.29 is 27.5 Å². The molecule has 0 fully saturated rings. The number of ether oxygens (including phenoxy) is 1. The van der Waals surface area contributed by atoms with E-state index in [0.29, 0.717) is 5.56 Å². The van der Waals surface area contributed by atoms with Gasteiger partial charge in [-0.2, -0.15) is 13.2 Å². The summed E-state index contributed by atoms with van der Waals surface area (Å²) in [4.78, 5) is 28.4. The van der Waals surface area contributed by atoms with Crippen LogP contribution in [0.5, 0.6) is 0 Å². The second-order valence-corrected chi connectivity index (χ2v) is 6.50. The lowest BCUT2D eigenvalue weighted by molar-refractivity contribution is -0.203. The van der Waals surface area contributed by atoms with Gasteiger partial charge in [-0.25, -0.2) is 9.78 Å². The third-order valence-electron chi connectivity index (χ3n) is 3.62. The molecular weight excluding hydrogens is 422 g/mol. The highest BCUT2D eigenvalue weighted by Gasteiger charge is 2.63. The largest absolute Gasteiger partial charge is 0.466 e. The van der Waals surface area contributed by atoms with Gasteiger partial charge in [0.05, 0.1) is 17.7 Å². The number of benzene rings is 1. The summed E-state index contributed by atoms with van der Waals surface area (Å²) in [7, 11) is 0.760. The molecule has 1 aromatic carbocycles. The van der Waals surface area contributed by atoms with Gasteiger partial charge >= 0.3 is 17.8 Å². The summed E-state index contributed by atoms with van der Waals surface area (Å²) in [5.41, 5.74) is -3.35. The molecule has 28 heavy (non-hydrogen) atoms. The molecule has 150 valence electrons. The first-order valence-corrected chi connectivity index (χ1v) is 8.39. The molecule has 0 aliphatic rings. The first-order valence-electron chi connectivity index (χ1n) is 7.63. The second kappa shape index (κ2) is 8.24. The Morgan fingerprint density at radius 1 is 1.14 bits per heavy atom. The van der Waals surface area contributed by atoms with Gasteiger partial charge in [0.2, 0.25) is 0 Å². The van der Waals surface area contributed by atoms with Crippen LogP contribution in [-0.4, -0.2) is 35.8 Å². The van der Waals surface area contributed by atoms with Gasteiger partial charge < -0.3 is 15.4 Å². The number of anilines is 1. The Morgan fingerprint density at radius 2 is 1.82 bits per heavy atom. The third-order valence-corrected chi connectivity index (χ3v) is 4.17. The van der Waals surface area contributed by atoms with E-state index in [1.807, 2.05) is 5.32 Å². The summed E-state index contributed by atoms with van der Waals surface area (Å²) in [5.74, 6) is -3.36. The molecule has 0 spiro atoms. The number of halogens is 5. The Morgan fingerprint density at radius 3 is 2.36 bits per heavy atom. The molecule has 1 aromatic heterocycles. The van der Waals surface area contributed by atoms with Crippen LogP contribution >= 0.6 is 23.2 Å². The third kappa shape index (κ3) is 4.48. The molecule has 1 amide bonds. The first kappa shape index (κ1) is 21.8. The lowest BCUT2D eigenvalue weighted by Crippen LogP contribution is -2.69. The highest BCUT2D eigenvalue weighted by molar-refractivity contribution is 6.36. The monoisotopic (exact) mass is 435 g/mol. The van der Waals surface area contributed by atoms with Crippen molar-refractivity contribution >= 4 is 40.9 Å². The second-order valence-electron chi connectivity index (χ2n) is 5.66. The SMILES string of the molecule is COC(=O)[C@@](NC(=O)c1ccc(Cl)cc1Cl)(Nc1cc(C)ccn1)C(F)(F)F. The van der Waals surface area contributed by atoms with E-state index in [-0.39, 0.29) is 21.4 Å². The van der Waals surface area contributed by atoms with Crippen LogP contribution in [0.15, 0.2) is 36.5 Å². The van der Waals surface area contributed by atoms with Gasteiger partial charge in [-0.1, -0.05) is 23.2 Å². The molecule has 0 saturated carbocycles. The Balaban J connectivity index is 2.53. The minimum Gasteiger partial charge on any atom is -0.466 e. The van der Waals surface area contributed by atoms with E-state index < -0.39 is 23.7 Å². The van der Waals surface area contributed by atoms with Crippen molar-refractivity contribution in [3.05, 3.63) is 57.7 Å². The molecule has 2 rings (SSSR count). The van der Waals surface area contributed by atoms with Gasteiger partial charge in [0, 0.05) is 11.2 Å². The minimum atomic E-state index is -5.29. The van der Waals surface area contributed by atoms with E-state index in [4.69, 9.17) is 23.2 Å². The van der Waals surface area contributed by atoms with Crippen molar-refractivity contribution in [2.75, 3.05) is 12.4 Å². The van der Waals surface area contributed by atoms with Crippen LogP contribution in [0.2, 0.25) is 10.0 Å². The van der Waals surface area contributed by atoms with Gasteiger partial charge in [-0.3, -0.25) is 4.79 Å². The predicted molar refractivity (Wildman–Crippen MR) is 97.3 cm³/mol. The van der Waals surface area contributed by atoms with Crippen molar-refractivity contribution in [2.45, 2.75) is 18.8 Å². The van der Waals surface area contributed by atoms with Crippen molar-refractivity contribution in [2.24, 2.45) is 0 Å². The zero-order chi connectivity index (χ0) is 21.1. The fourth-order valence-electron chi connectivity index (χ4n) is 2.25. The molecule has 2 N–H and O–H groups in total. The number of pyridine rings is 1. The first-order chi connectivity index (χ1) is 13.0. The van der Waals surface area contributed by atoms with Crippen LogP contribution in [0.1, 0.15) is 15.9 Å². The Kier molecular flexibility index (Phi) is 6.41. The van der Waals surface area contributed by atoms with Crippen LogP contribution < -0.4 is 10.6 Å². The van der Waals surface area contributed by atoms with Gasteiger partial charge in [0.1, 0.15) is 5.82 Å². The molecular formula is C17H14Cl2F3N3O3. The van der Waals surface area contributed by atoms with E-state index >= 15 is 0 Å². The number of aromatic nitrogens is 1. The smallest absolute Gasteiger partial charge is 0.441 e. The zero-order valence-electron chi connectivity index (χ0n) is 14.5. The number of methoxy groups -OCH3 is 1. The molecule has 0 aliphatic carbocycles. The molecule has 6 nitrogen and oxygen atoms in total. The average molecular weight is 436 g/mol. The van der Waals surface area contributed by atoms with Gasteiger partial charge in [-0.05, 0) is 42.8 Å². The number of alkyl halides is 3. The van der Waals surface area contributed by atoms with Crippen LogP contribution in [0, 0.1) is 6.92 Å². The fraction of sp³-hybridized carbons (Fsp3) is 0.235. The summed E-state index contributed by atoms with van der Waals surface area (Å²) in [5, 5.41) is 3.58. The highest BCUT2D eigenvalue weighted by atomic mass is 35.5. The summed E-state index contributed by atoms with van der Waals surface area (Å²) < 4.78 is 46.3. The van der Waals surface area contributed by atoms with E-state index in [9.17, 15) is 22.8 Å². The Bertz CT molecular complexity index is 909. The topological polar surface area (TPSA) is 80.3 Å². The number of hydrogen-bond donors (Lipinski definition) is 2. The maximum atomic E-state index is 14.0. The number of nitrogens with one attached hydrogen (secondary N) is 2. The van der Waals surface area contributed by atoms with Crippen LogP contribution in [-0.2, 0) is 9.53 Å². The van der Waals surface area contributed by atoms with Crippen LogP contribution in [0.25, 0.3) is 0 Å². The summed E-state index contributed by atoms with van der Waals surface area (Å²) in [6, 6.07) is 6.39. The number of amides is 1. The van der Waals surface area contributed by atoms with Crippen molar-refractivity contribution in [3.63, 3.8) is 0 Å². The fourth-order valence-corrected chi connectivity index (χ4v) is 2.75. The van der Waals surface area contributed by atoms with Crippen molar-refractivity contribution in [1.29, 1.82) is 0 Å². The number of carbonyl (C=O) groups excluding carboxylic acids is 2. The molecule has 0 unspecified atom stereocenters. The number of hydrogen-bond acceptors (Lipinski definition) is 5. The molecule has 1 atom stereocenters. The molecule has 0 saturated heterocycles. The molecule has 0 bridgehead atoms. The maximum Gasteiger partial charge on any atom is 0.441 e. The summed E-state index contributed by atoms with van der Waals surface area (Å²) in [6.07, 6.45) is -4.05.